The van der Waals surface area contributed by atoms with Gasteiger partial charge in [0, 0.05) is 26.7 Å². The highest BCUT2D eigenvalue weighted by atomic mass is 79.9. The number of aryl methyl sites for hydroxylation is 1. The van der Waals surface area contributed by atoms with Crippen LogP contribution in [0.25, 0.3) is 6.08 Å². The topological polar surface area (TPSA) is 71.1 Å². The molecule has 0 atom stereocenters. The number of allylic oxidation sites excluding steroid dienone is 1. The molecule has 0 N–H and O–H groups in total. The van der Waals surface area contributed by atoms with Crippen molar-refractivity contribution in [3.63, 3.8) is 0 Å². The van der Waals surface area contributed by atoms with Crippen LogP contribution in [-0.4, -0.2) is 18.5 Å². The second kappa shape index (κ2) is 8.67. The third kappa shape index (κ3) is 4.15. The standard InChI is InChI=1S/C25H16BrClO6/c1-13-6-17(32-25(29)18-4-2-3-5-19(18)26)10-20-22(13)23(28)21(33-20)9-14-7-16(27)8-15-11-30-12-31-24(14)15/h2-10H,11-12H2,1H3/b21-9-. The molecule has 0 aliphatic carbocycles. The van der Waals surface area contributed by atoms with Crippen molar-refractivity contribution in [3.05, 3.63) is 91.6 Å². The van der Waals surface area contributed by atoms with Crippen molar-refractivity contribution in [2.75, 3.05) is 6.79 Å². The van der Waals surface area contributed by atoms with Crippen molar-refractivity contribution in [3.8, 4) is 17.2 Å². The van der Waals surface area contributed by atoms with E-state index in [0.29, 0.717) is 49.9 Å². The van der Waals surface area contributed by atoms with Gasteiger partial charge in [-0.2, -0.15) is 0 Å². The third-order valence-electron chi connectivity index (χ3n) is 5.24. The minimum absolute atomic E-state index is 0.116. The molecule has 33 heavy (non-hydrogen) atoms. The fourth-order valence-electron chi connectivity index (χ4n) is 3.78. The number of fused-ring (bicyclic) bond motifs is 2. The zero-order chi connectivity index (χ0) is 23.1. The van der Waals surface area contributed by atoms with Crippen molar-refractivity contribution < 1.29 is 28.5 Å². The van der Waals surface area contributed by atoms with Crippen molar-refractivity contribution >= 4 is 45.4 Å². The molecular weight excluding hydrogens is 512 g/mol. The Kier molecular flexibility index (Phi) is 5.70. The van der Waals surface area contributed by atoms with Gasteiger partial charge >= 0.3 is 5.97 Å². The highest BCUT2D eigenvalue weighted by Crippen LogP contribution is 2.40. The van der Waals surface area contributed by atoms with E-state index in [1.165, 1.54) is 6.07 Å². The lowest BCUT2D eigenvalue weighted by Crippen LogP contribution is -2.12. The van der Waals surface area contributed by atoms with Gasteiger partial charge in [0.1, 0.15) is 17.2 Å². The molecule has 2 aliphatic rings. The van der Waals surface area contributed by atoms with Crippen LogP contribution in [0.5, 0.6) is 17.2 Å². The number of halogens is 2. The van der Waals surface area contributed by atoms with Crippen molar-refractivity contribution in [2.24, 2.45) is 0 Å². The second-order valence-corrected chi connectivity index (χ2v) is 8.81. The zero-order valence-corrected chi connectivity index (χ0v) is 19.7. The summed E-state index contributed by atoms with van der Waals surface area (Å²) in [7, 11) is 0. The molecule has 0 saturated carbocycles. The lowest BCUT2D eigenvalue weighted by atomic mass is 10.0. The molecule has 3 aromatic rings. The van der Waals surface area contributed by atoms with Gasteiger partial charge in [-0.25, -0.2) is 4.79 Å². The Morgan fingerprint density at radius 1 is 1.18 bits per heavy atom. The Bertz CT molecular complexity index is 1350. The van der Waals surface area contributed by atoms with Crippen LogP contribution in [0.4, 0.5) is 0 Å². The molecule has 3 aromatic carbocycles. The molecule has 5 rings (SSSR count). The van der Waals surface area contributed by atoms with Crippen LogP contribution in [0.1, 0.15) is 37.4 Å². The lowest BCUT2D eigenvalue weighted by Gasteiger charge is -2.20. The number of benzene rings is 3. The van der Waals surface area contributed by atoms with E-state index >= 15 is 0 Å². The molecule has 8 heteroatoms. The van der Waals surface area contributed by atoms with Crippen LogP contribution < -0.4 is 14.2 Å². The van der Waals surface area contributed by atoms with E-state index in [9.17, 15) is 9.59 Å². The Labute approximate surface area is 202 Å². The van der Waals surface area contributed by atoms with E-state index in [0.717, 1.165) is 5.56 Å². The number of carbonyl (C=O) groups is 2. The number of ether oxygens (including phenoxy) is 4. The summed E-state index contributed by atoms with van der Waals surface area (Å²) >= 11 is 9.58. The van der Waals surface area contributed by atoms with Gasteiger partial charge in [-0.1, -0.05) is 23.7 Å². The number of esters is 1. The maximum atomic E-state index is 13.1. The van der Waals surface area contributed by atoms with Crippen LogP contribution in [0, 0.1) is 6.92 Å². The molecule has 2 aliphatic heterocycles. The number of ketones is 1. The maximum absolute atomic E-state index is 13.1. The molecule has 0 aromatic heterocycles. The fraction of sp³-hybridized carbons (Fsp3) is 0.120. The maximum Gasteiger partial charge on any atom is 0.344 e. The highest BCUT2D eigenvalue weighted by molar-refractivity contribution is 9.10. The predicted octanol–water partition coefficient (Wildman–Crippen LogP) is 6.11. The van der Waals surface area contributed by atoms with E-state index < -0.39 is 5.97 Å². The van der Waals surface area contributed by atoms with E-state index in [2.05, 4.69) is 15.9 Å². The SMILES string of the molecule is Cc1cc(OC(=O)c2ccccc2Br)cc2c1C(=O)/C(=C/c1cc(Cl)cc3c1OCOC3)O2. The van der Waals surface area contributed by atoms with Crippen molar-refractivity contribution in [1.29, 1.82) is 0 Å². The average Bonchev–Trinajstić information content (AvgIpc) is 3.09. The number of hydrogen-bond donors (Lipinski definition) is 0. The average molecular weight is 528 g/mol. The van der Waals surface area contributed by atoms with Gasteiger partial charge in [0.2, 0.25) is 5.78 Å². The lowest BCUT2D eigenvalue weighted by molar-refractivity contribution is -0.0165. The first-order valence-electron chi connectivity index (χ1n) is 9.99. The molecule has 0 amide bonds. The van der Waals surface area contributed by atoms with Gasteiger partial charge in [0.25, 0.3) is 0 Å². The van der Waals surface area contributed by atoms with E-state index in [-0.39, 0.29) is 24.1 Å². The summed E-state index contributed by atoms with van der Waals surface area (Å²) in [6.07, 6.45) is 1.60. The number of carbonyl (C=O) groups excluding carboxylic acids is 2. The molecule has 6 nitrogen and oxygen atoms in total. The molecule has 0 saturated heterocycles. The molecule has 2 heterocycles. The van der Waals surface area contributed by atoms with Crippen LogP contribution in [0.3, 0.4) is 0 Å². The summed E-state index contributed by atoms with van der Waals surface area (Å²) < 4.78 is 23.0. The van der Waals surface area contributed by atoms with Crippen LogP contribution in [-0.2, 0) is 11.3 Å². The molecule has 0 unspecified atom stereocenters. The van der Waals surface area contributed by atoms with Gasteiger partial charge < -0.3 is 18.9 Å². The fourth-order valence-corrected chi connectivity index (χ4v) is 4.48. The first-order chi connectivity index (χ1) is 15.9. The molecule has 0 fully saturated rings. The Morgan fingerprint density at radius 2 is 2.00 bits per heavy atom. The molecule has 0 spiro atoms. The number of Topliss-reactive ketones (excluding diaryl/α,β-unsaturated/α-hetero) is 1. The summed E-state index contributed by atoms with van der Waals surface area (Å²) in [5.41, 5.74) is 2.86. The highest BCUT2D eigenvalue weighted by Gasteiger charge is 2.31. The Morgan fingerprint density at radius 3 is 2.82 bits per heavy atom. The molecule has 166 valence electrons. The van der Waals surface area contributed by atoms with Gasteiger partial charge in [-0.05, 0) is 64.8 Å². The summed E-state index contributed by atoms with van der Waals surface area (Å²) in [4.78, 5) is 25.6. The Hall–Kier alpha value is -3.13. The first kappa shape index (κ1) is 21.7. The largest absolute Gasteiger partial charge is 0.467 e. The summed E-state index contributed by atoms with van der Waals surface area (Å²) in [5, 5.41) is 0.495. The number of hydrogen-bond acceptors (Lipinski definition) is 6. The van der Waals surface area contributed by atoms with E-state index in [1.807, 2.05) is 6.07 Å². The van der Waals surface area contributed by atoms with Gasteiger partial charge in [0.05, 0.1) is 17.7 Å². The third-order valence-corrected chi connectivity index (χ3v) is 6.15. The summed E-state index contributed by atoms with van der Waals surface area (Å²) in [6, 6.07) is 13.6. The molecular formula is C25H16BrClO6. The van der Waals surface area contributed by atoms with Crippen molar-refractivity contribution in [1.82, 2.24) is 0 Å². The Balaban J connectivity index is 1.46. The van der Waals surface area contributed by atoms with Crippen molar-refractivity contribution in [2.45, 2.75) is 13.5 Å². The monoisotopic (exact) mass is 526 g/mol. The smallest absolute Gasteiger partial charge is 0.344 e. The quantitative estimate of drug-likeness (QED) is 0.232. The minimum Gasteiger partial charge on any atom is -0.467 e. The van der Waals surface area contributed by atoms with Crippen LogP contribution >= 0.6 is 27.5 Å². The summed E-state index contributed by atoms with van der Waals surface area (Å²) in [6.45, 7) is 2.25. The van der Waals surface area contributed by atoms with Crippen LogP contribution in [0.2, 0.25) is 5.02 Å². The predicted molar refractivity (Wildman–Crippen MR) is 125 cm³/mol. The van der Waals surface area contributed by atoms with Crippen LogP contribution in [0.15, 0.2) is 58.8 Å². The normalized spacial score (nSPS) is 15.5. The molecule has 0 radical (unpaired) electrons. The minimum atomic E-state index is -0.521. The van der Waals surface area contributed by atoms with Gasteiger partial charge in [-0.15, -0.1) is 0 Å². The number of rotatable bonds is 3. The van der Waals surface area contributed by atoms with Gasteiger partial charge in [0.15, 0.2) is 12.6 Å². The zero-order valence-electron chi connectivity index (χ0n) is 17.3. The first-order valence-corrected chi connectivity index (χ1v) is 11.2. The van der Waals surface area contributed by atoms with E-state index in [1.54, 1.807) is 49.4 Å². The van der Waals surface area contributed by atoms with Gasteiger partial charge in [-0.3, -0.25) is 4.79 Å². The second-order valence-electron chi connectivity index (χ2n) is 7.52. The summed E-state index contributed by atoms with van der Waals surface area (Å²) in [5.74, 6) is 0.536. The van der Waals surface area contributed by atoms with E-state index in [4.69, 9.17) is 30.5 Å². The molecule has 0 bridgehead atoms.